The molecule has 0 amide bonds. The minimum atomic E-state index is -2.33. The van der Waals surface area contributed by atoms with Gasteiger partial charge in [-0.2, -0.15) is 76.4 Å². The smallest absolute Gasteiger partial charge is 0.188 e. The Bertz CT molecular complexity index is 5350. The molecule has 0 saturated heterocycles. The van der Waals surface area contributed by atoms with Gasteiger partial charge in [0.15, 0.2) is 34.7 Å². The number of rotatable bonds is 9. The van der Waals surface area contributed by atoms with Crippen LogP contribution in [0.1, 0.15) is 73.4 Å². The molecule has 15 rings (SSSR count). The maximum Gasteiger partial charge on any atom is 0.188 e. The van der Waals surface area contributed by atoms with Crippen molar-refractivity contribution in [1.82, 2.24) is 37.4 Å². The van der Waals surface area contributed by atoms with Crippen molar-refractivity contribution in [3.05, 3.63) is 295 Å². The van der Waals surface area contributed by atoms with E-state index in [0.717, 1.165) is 99.5 Å². The van der Waals surface area contributed by atoms with Gasteiger partial charge in [-0.1, -0.05) is 105 Å². The van der Waals surface area contributed by atoms with Crippen LogP contribution < -0.4 is 0 Å². The summed E-state index contributed by atoms with van der Waals surface area (Å²) in [6, 6.07) is 84.0. The number of aryl methyl sites for hydroxylation is 3. The van der Waals surface area contributed by atoms with E-state index in [1.54, 1.807) is 36.8 Å². The maximum atomic E-state index is 8.05. The number of nitrogens with zero attached hydrogens (tertiary/aromatic N) is 8. The number of benzene rings is 9. The van der Waals surface area contributed by atoms with Crippen molar-refractivity contribution in [1.29, 1.82) is 0 Å². The number of aromatic nitrogens is 8. The Balaban J connectivity index is 0.000000177. The molecule has 6 heterocycles. The molecule has 0 aliphatic rings. The molecule has 10 heteroatoms. The van der Waals surface area contributed by atoms with Crippen LogP contribution in [0.4, 0.5) is 0 Å². The van der Waals surface area contributed by atoms with Crippen LogP contribution in [0.25, 0.3) is 94.4 Å². The average Bonchev–Trinajstić information content (AvgIpc) is 1.50. The third kappa shape index (κ3) is 9.95. The van der Waals surface area contributed by atoms with Crippen molar-refractivity contribution in [3.8, 4) is 28.7 Å². The van der Waals surface area contributed by atoms with E-state index in [4.69, 9.17) is 12.3 Å². The largest absolute Gasteiger partial charge is 0.319 e. The maximum absolute atomic E-state index is 8.05. The van der Waals surface area contributed by atoms with Crippen LogP contribution >= 0.6 is 0 Å². The van der Waals surface area contributed by atoms with Gasteiger partial charge in [0.2, 0.25) is 0 Å². The van der Waals surface area contributed by atoms with Crippen LogP contribution in [0.15, 0.2) is 237 Å². The fourth-order valence-corrected chi connectivity index (χ4v) is 11.7. The van der Waals surface area contributed by atoms with Crippen LogP contribution in [-0.2, 0) is 59.9 Å². The summed E-state index contributed by atoms with van der Waals surface area (Å²) in [6.45, 7) is 1.77. The molecule has 8 nitrogen and oxygen atoms in total. The second-order valence-electron chi connectivity index (χ2n) is 22.0. The van der Waals surface area contributed by atoms with Gasteiger partial charge in [0.1, 0.15) is 17.3 Å². The van der Waals surface area contributed by atoms with Crippen LogP contribution in [0.2, 0.25) is 0 Å². The van der Waals surface area contributed by atoms with E-state index >= 15 is 0 Å². The molecule has 0 spiro atoms. The van der Waals surface area contributed by atoms with Crippen molar-refractivity contribution in [2.75, 3.05) is 0 Å². The van der Waals surface area contributed by atoms with E-state index < -0.39 is 31.5 Å². The van der Waals surface area contributed by atoms with E-state index in [-0.39, 0.29) is 53.3 Å². The molecule has 0 aliphatic heterocycles. The molecule has 9 aromatic carbocycles. The minimum absolute atomic E-state index is 0. The second-order valence-corrected chi connectivity index (χ2v) is 22.0. The molecule has 0 bridgehead atoms. The topological polar surface area (TPSA) is 55.4 Å². The van der Waals surface area contributed by atoms with E-state index in [1.165, 1.54) is 16.8 Å². The first-order valence-corrected chi connectivity index (χ1v) is 27.6. The molecule has 85 heavy (non-hydrogen) atoms. The summed E-state index contributed by atoms with van der Waals surface area (Å²) in [5, 5.41) is 4.09. The Morgan fingerprint density at radius 1 is 0.388 bits per heavy atom. The molecule has 0 radical (unpaired) electrons. The summed E-state index contributed by atoms with van der Waals surface area (Å²) in [6.07, 6.45) is 6.84. The molecule has 0 N–H and O–H groups in total. The molecular weight excluding hydrogens is 1400 g/mol. The van der Waals surface area contributed by atoms with E-state index in [1.807, 2.05) is 98.6 Å². The third-order valence-electron chi connectivity index (χ3n) is 16.2. The first-order valence-electron chi connectivity index (χ1n) is 32.1. The van der Waals surface area contributed by atoms with E-state index in [9.17, 15) is 0 Å². The normalized spacial score (nSPS) is 13.8. The van der Waals surface area contributed by atoms with Crippen LogP contribution in [0, 0.1) is 38.0 Å². The summed E-state index contributed by atoms with van der Waals surface area (Å²) in [5.41, 5.74) is 13.1. The van der Waals surface area contributed by atoms with Gasteiger partial charge in [0, 0.05) is 121 Å². The quantitative estimate of drug-likeness (QED) is 0.135. The zero-order valence-corrected chi connectivity index (χ0v) is 51.3. The summed E-state index contributed by atoms with van der Waals surface area (Å²) in [5.74, 6) is 1.06. The van der Waals surface area contributed by atoms with Gasteiger partial charge in [-0.25, -0.2) is 23.7 Å². The number of hydrogen-bond acceptors (Lipinski definition) is 2. The van der Waals surface area contributed by atoms with Gasteiger partial charge < -0.3 is 9.13 Å². The Labute approximate surface area is 537 Å². The van der Waals surface area contributed by atoms with Gasteiger partial charge in [0.25, 0.3) is 0 Å². The molecule has 0 atom stereocenters. The second kappa shape index (κ2) is 22.6. The van der Waals surface area contributed by atoms with Gasteiger partial charge in [-0.05, 0) is 107 Å². The predicted octanol–water partition coefficient (Wildman–Crippen LogP) is 17.4. The average molecular weight is 1470 g/mol. The molecular formula is C75H60N8Pt2-2. The van der Waals surface area contributed by atoms with Gasteiger partial charge in [-0.15, -0.1) is 46.2 Å². The number of para-hydroxylation sites is 7. The summed E-state index contributed by atoms with van der Waals surface area (Å²) < 4.78 is 83.5. The molecule has 6 aromatic heterocycles. The van der Waals surface area contributed by atoms with Crippen LogP contribution in [0.5, 0.6) is 0 Å². The molecule has 0 aliphatic carbocycles. The van der Waals surface area contributed by atoms with E-state index in [2.05, 4.69) is 174 Å². The van der Waals surface area contributed by atoms with Crippen molar-refractivity contribution in [2.24, 2.45) is 6.98 Å². The first-order chi connectivity index (χ1) is 44.0. The first kappa shape index (κ1) is 46.6. The number of pyridine rings is 2. The van der Waals surface area contributed by atoms with Crippen molar-refractivity contribution < 1.29 is 54.5 Å². The Hall–Kier alpha value is -8.80. The Morgan fingerprint density at radius 2 is 0.812 bits per heavy atom. The number of hydrogen-bond donors (Lipinski definition) is 0. The van der Waals surface area contributed by atoms with Gasteiger partial charge in [0.05, 0.1) is 0 Å². The minimum Gasteiger partial charge on any atom is -0.319 e. The zero-order chi connectivity index (χ0) is 64.1. The van der Waals surface area contributed by atoms with Gasteiger partial charge in [-0.3, -0.25) is 0 Å². The third-order valence-corrected chi connectivity index (χ3v) is 16.2. The predicted molar refractivity (Wildman–Crippen MR) is 340 cm³/mol. The van der Waals surface area contributed by atoms with Crippen LogP contribution in [-0.4, -0.2) is 37.4 Å². The monoisotopic (exact) mass is 1470 g/mol. The number of fused-ring (bicyclic) bond motifs is 8. The van der Waals surface area contributed by atoms with Crippen molar-refractivity contribution in [2.45, 2.75) is 52.2 Å². The molecule has 0 saturated carbocycles. The van der Waals surface area contributed by atoms with Crippen LogP contribution in [0.3, 0.4) is 0 Å². The fourth-order valence-electron chi connectivity index (χ4n) is 11.7. The molecule has 0 fully saturated rings. The Kier molecular flexibility index (Phi) is 12.4. The Morgan fingerprint density at radius 3 is 1.31 bits per heavy atom. The summed E-state index contributed by atoms with van der Waals surface area (Å²) in [7, 11) is 0. The number of imidazole rings is 2. The van der Waals surface area contributed by atoms with Crippen molar-refractivity contribution >= 4 is 65.7 Å². The van der Waals surface area contributed by atoms with Crippen molar-refractivity contribution in [3.63, 3.8) is 0 Å². The zero-order valence-electron chi connectivity index (χ0n) is 55.7. The summed E-state index contributed by atoms with van der Waals surface area (Å²) in [4.78, 5) is 9.20. The molecule has 0 unspecified atom stereocenters. The molecule has 15 aromatic rings. The molecule has 422 valence electrons. The fraction of sp³-hybridized carbons (Fsp3) is 0.120. The van der Waals surface area contributed by atoms with E-state index in [0.29, 0.717) is 17.2 Å². The van der Waals surface area contributed by atoms with Gasteiger partial charge >= 0.3 is 0 Å². The standard InChI is InChI=1S/C40H31N4.C35H29N4.2Pt/c1-28-22-23-41-39(24-28)44-35-17-8-7-16-33(35)34-21-20-30(26-38(34)44)40(2,3)29-12-11-15-32(25-29)43-27-42(31-13-5-4-6-14-31)36-18-9-10-19-37(36)43;1-24-18-19-36-34(20-24)39-30-13-6-5-12-28(30)29-17-16-26(22-33(29)39)35(2,3)25-10-9-11-27(21-25)38-23-37(4)31-14-7-8-15-32(31)38;;/h4-24,27H,1-3H3;5-20,23H,1-4H3;;/q2*-1;;/i1D3;1D3,4D3;;. The summed E-state index contributed by atoms with van der Waals surface area (Å²) >= 11 is 0. The SMILES string of the molecule is [2H]C([2H])([2H])c1ccnc(-n2c3[c-]c(C(C)(C)c4[c-]c(-n5[cH+]n(-c6ccccc6)c6ccccc65)ccc4)ccc3c3ccccc32)c1.[2H]C([2H])([2H])c1ccnc(-n2c3[c-]c(C(C)(C)c4[c-]c(-n5[cH+]n(C([2H])([2H])[2H])c6ccccc65)ccc4)ccc3c3ccccc32)c1.[Pt].[Pt].